The van der Waals surface area contributed by atoms with E-state index in [2.05, 4.69) is 11.9 Å². The number of H-pyrrole nitrogens is 1. The van der Waals surface area contributed by atoms with Crippen molar-refractivity contribution in [1.82, 2.24) is 4.98 Å². The summed E-state index contributed by atoms with van der Waals surface area (Å²) in [6.45, 7) is 2.09. The summed E-state index contributed by atoms with van der Waals surface area (Å²) in [5.41, 5.74) is 7.31. The van der Waals surface area contributed by atoms with Crippen LogP contribution in [0.3, 0.4) is 0 Å². The van der Waals surface area contributed by atoms with Crippen LogP contribution in [-0.2, 0) is 5.41 Å². The molecular formula is C24H26ClFN2O2. The van der Waals surface area contributed by atoms with Gasteiger partial charge in [-0.25, -0.2) is 4.39 Å². The van der Waals surface area contributed by atoms with Crippen LogP contribution in [0.4, 0.5) is 4.39 Å². The molecule has 4 nitrogen and oxygen atoms in total. The normalized spacial score (nSPS) is 22.7. The minimum atomic E-state index is -0.235. The number of hydrogen-bond acceptors (Lipinski definition) is 3. The van der Waals surface area contributed by atoms with Gasteiger partial charge in [-0.1, -0.05) is 30.7 Å². The van der Waals surface area contributed by atoms with E-state index in [0.717, 1.165) is 43.1 Å². The number of pyridine rings is 1. The molecule has 1 aromatic heterocycles. The van der Waals surface area contributed by atoms with Crippen molar-refractivity contribution in [2.45, 2.75) is 56.6 Å². The molecule has 0 unspecified atom stereocenters. The van der Waals surface area contributed by atoms with Crippen molar-refractivity contribution in [1.29, 1.82) is 0 Å². The van der Waals surface area contributed by atoms with Crippen LogP contribution >= 0.6 is 11.6 Å². The average Bonchev–Trinajstić information content (AvgIpc) is 2.76. The van der Waals surface area contributed by atoms with Gasteiger partial charge in [0.05, 0.1) is 11.1 Å². The Morgan fingerprint density at radius 1 is 1.23 bits per heavy atom. The number of ether oxygens (including phenoxy) is 1. The topological polar surface area (TPSA) is 68.1 Å². The highest BCUT2D eigenvalue weighted by molar-refractivity contribution is 6.32. The zero-order chi connectivity index (χ0) is 21.3. The van der Waals surface area contributed by atoms with Gasteiger partial charge >= 0.3 is 0 Å². The third-order valence-corrected chi connectivity index (χ3v) is 6.81. The molecule has 1 atom stereocenters. The Labute approximate surface area is 180 Å². The molecule has 0 spiro atoms. The standard InChI is InChI=1S/C24H26ClFN2O2/c1-2-22(27)24(16-3-5-17(26)6-4-16)10-7-18(8-11-24)30-21-13-15-9-12-28-23(29)19(15)14-20(21)25/h3-6,9,12-14,18,22H,2,7-8,10-11,27H2,1H3,(H,28,29)/t18-,22-,24-/m1/s1. The van der Waals surface area contributed by atoms with E-state index in [1.165, 1.54) is 12.1 Å². The summed E-state index contributed by atoms with van der Waals surface area (Å²) < 4.78 is 19.7. The van der Waals surface area contributed by atoms with Crippen LogP contribution in [-0.4, -0.2) is 17.1 Å². The van der Waals surface area contributed by atoms with E-state index in [1.54, 1.807) is 12.3 Å². The van der Waals surface area contributed by atoms with Gasteiger partial charge in [0.15, 0.2) is 0 Å². The lowest BCUT2D eigenvalue weighted by atomic mass is 9.64. The van der Waals surface area contributed by atoms with Crippen LogP contribution in [0, 0.1) is 5.82 Å². The predicted octanol–water partition coefficient (Wildman–Crippen LogP) is 5.32. The zero-order valence-corrected chi connectivity index (χ0v) is 17.7. The van der Waals surface area contributed by atoms with Gasteiger partial charge in [-0.15, -0.1) is 0 Å². The molecule has 0 aliphatic heterocycles. The first-order valence-corrected chi connectivity index (χ1v) is 10.8. The number of rotatable bonds is 5. The Kier molecular flexibility index (Phi) is 5.85. The molecule has 0 bridgehead atoms. The predicted molar refractivity (Wildman–Crippen MR) is 119 cm³/mol. The number of aromatic nitrogens is 1. The first-order chi connectivity index (χ1) is 14.4. The molecule has 158 valence electrons. The van der Waals surface area contributed by atoms with Gasteiger partial charge in [0.25, 0.3) is 5.56 Å². The fourth-order valence-electron chi connectivity index (χ4n) is 4.73. The molecule has 3 N–H and O–H groups in total. The molecule has 1 aliphatic rings. The number of hydrogen-bond donors (Lipinski definition) is 2. The smallest absolute Gasteiger partial charge is 0.255 e. The second-order valence-electron chi connectivity index (χ2n) is 8.17. The Morgan fingerprint density at radius 2 is 1.93 bits per heavy atom. The summed E-state index contributed by atoms with van der Waals surface area (Å²) in [6, 6.07) is 12.1. The van der Waals surface area contributed by atoms with Crippen LogP contribution in [0.15, 0.2) is 53.5 Å². The molecule has 1 saturated carbocycles. The first-order valence-electron chi connectivity index (χ1n) is 10.4. The molecule has 2 aromatic carbocycles. The minimum absolute atomic E-state index is 0.0000988. The third kappa shape index (κ3) is 3.84. The molecule has 6 heteroatoms. The molecule has 0 radical (unpaired) electrons. The molecule has 30 heavy (non-hydrogen) atoms. The van der Waals surface area contributed by atoms with Crippen LogP contribution in [0.2, 0.25) is 5.02 Å². The third-order valence-electron chi connectivity index (χ3n) is 6.51. The van der Waals surface area contributed by atoms with Crippen molar-refractivity contribution >= 4 is 22.4 Å². The summed E-state index contributed by atoms with van der Waals surface area (Å²) in [5, 5.41) is 1.77. The quantitative estimate of drug-likeness (QED) is 0.578. The maximum Gasteiger partial charge on any atom is 0.255 e. The van der Waals surface area contributed by atoms with E-state index in [0.29, 0.717) is 16.2 Å². The highest BCUT2D eigenvalue weighted by Crippen LogP contribution is 2.44. The lowest BCUT2D eigenvalue weighted by molar-refractivity contribution is 0.104. The Bertz CT molecular complexity index is 1090. The highest BCUT2D eigenvalue weighted by Gasteiger charge is 2.41. The second kappa shape index (κ2) is 8.40. The Hall–Kier alpha value is -2.37. The fourth-order valence-corrected chi connectivity index (χ4v) is 4.94. The summed E-state index contributed by atoms with van der Waals surface area (Å²) >= 11 is 6.40. The van der Waals surface area contributed by atoms with Crippen molar-refractivity contribution in [2.24, 2.45) is 5.73 Å². The minimum Gasteiger partial charge on any atom is -0.489 e. The van der Waals surface area contributed by atoms with E-state index < -0.39 is 0 Å². The van der Waals surface area contributed by atoms with Crippen LogP contribution in [0.25, 0.3) is 10.8 Å². The number of nitrogens with one attached hydrogen (secondary N) is 1. The van der Waals surface area contributed by atoms with Crippen molar-refractivity contribution in [3.05, 3.63) is 75.4 Å². The van der Waals surface area contributed by atoms with Gasteiger partial charge in [0.1, 0.15) is 11.6 Å². The van der Waals surface area contributed by atoms with E-state index in [-0.39, 0.29) is 28.9 Å². The summed E-state index contributed by atoms with van der Waals surface area (Å²) in [5.74, 6) is 0.356. The summed E-state index contributed by atoms with van der Waals surface area (Å²) in [7, 11) is 0. The van der Waals surface area contributed by atoms with Crippen LogP contribution in [0.5, 0.6) is 5.75 Å². The highest BCUT2D eigenvalue weighted by atomic mass is 35.5. The summed E-state index contributed by atoms with van der Waals surface area (Å²) in [4.78, 5) is 14.6. The second-order valence-corrected chi connectivity index (χ2v) is 8.58. The number of fused-ring (bicyclic) bond motifs is 1. The average molecular weight is 429 g/mol. The lowest BCUT2D eigenvalue weighted by Crippen LogP contribution is -2.48. The van der Waals surface area contributed by atoms with E-state index in [4.69, 9.17) is 22.1 Å². The number of halogens is 2. The Balaban J connectivity index is 1.55. The van der Waals surface area contributed by atoms with Crippen LogP contribution < -0.4 is 16.0 Å². The molecular weight excluding hydrogens is 403 g/mol. The van der Waals surface area contributed by atoms with Gasteiger partial charge < -0.3 is 15.5 Å². The number of aromatic amines is 1. The monoisotopic (exact) mass is 428 g/mol. The number of nitrogens with two attached hydrogens (primary N) is 1. The lowest BCUT2D eigenvalue weighted by Gasteiger charge is -2.44. The SMILES string of the molecule is CC[C@@H](N)[C@]1(c2ccc(F)cc2)CC[C@@H](Oc2cc3cc[nH]c(=O)c3cc2Cl)CC1. The van der Waals surface area contributed by atoms with Crippen molar-refractivity contribution in [3.8, 4) is 5.75 Å². The van der Waals surface area contributed by atoms with Crippen molar-refractivity contribution in [2.75, 3.05) is 0 Å². The van der Waals surface area contributed by atoms with E-state index >= 15 is 0 Å². The van der Waals surface area contributed by atoms with Crippen LogP contribution in [0.1, 0.15) is 44.6 Å². The zero-order valence-electron chi connectivity index (χ0n) is 17.0. The molecule has 0 saturated heterocycles. The molecule has 0 amide bonds. The molecule has 1 fully saturated rings. The van der Waals surface area contributed by atoms with Gasteiger partial charge in [-0.05, 0) is 73.4 Å². The van der Waals surface area contributed by atoms with Gasteiger partial charge in [0.2, 0.25) is 0 Å². The largest absolute Gasteiger partial charge is 0.489 e. The van der Waals surface area contributed by atoms with E-state index in [9.17, 15) is 9.18 Å². The maximum absolute atomic E-state index is 13.5. The maximum atomic E-state index is 13.5. The van der Waals surface area contributed by atoms with Gasteiger partial charge in [0, 0.05) is 23.0 Å². The summed E-state index contributed by atoms with van der Waals surface area (Å²) in [6.07, 6.45) is 5.87. The molecule has 1 aliphatic carbocycles. The van der Waals surface area contributed by atoms with Gasteiger partial charge in [-0.3, -0.25) is 4.79 Å². The van der Waals surface area contributed by atoms with Gasteiger partial charge in [-0.2, -0.15) is 0 Å². The molecule has 3 aromatic rings. The fraction of sp³-hybridized carbons (Fsp3) is 0.375. The molecule has 1 heterocycles. The number of benzene rings is 2. The Morgan fingerprint density at radius 3 is 2.60 bits per heavy atom. The van der Waals surface area contributed by atoms with Crippen molar-refractivity contribution < 1.29 is 9.13 Å². The van der Waals surface area contributed by atoms with E-state index in [1.807, 2.05) is 24.3 Å². The van der Waals surface area contributed by atoms with Crippen molar-refractivity contribution in [3.63, 3.8) is 0 Å². The molecule has 4 rings (SSSR count). The first kappa shape index (κ1) is 20.9.